The van der Waals surface area contributed by atoms with Crippen LogP contribution in [0.15, 0.2) is 24.3 Å². The van der Waals surface area contributed by atoms with E-state index in [1.165, 1.54) is 10.9 Å². The van der Waals surface area contributed by atoms with Crippen molar-refractivity contribution in [2.24, 2.45) is 5.84 Å². The molecule has 21 heavy (non-hydrogen) atoms. The van der Waals surface area contributed by atoms with Crippen molar-refractivity contribution < 1.29 is 4.39 Å². The van der Waals surface area contributed by atoms with E-state index in [0.717, 1.165) is 16.6 Å². The molecular weight excluding hydrogens is 311 g/mol. The third kappa shape index (κ3) is 2.57. The number of rotatable bonds is 3. The monoisotopic (exact) mass is 322 g/mol. The highest BCUT2D eigenvalue weighted by Crippen LogP contribution is 2.32. The molecule has 0 amide bonds. The van der Waals surface area contributed by atoms with Crippen molar-refractivity contribution in [3.8, 4) is 11.4 Å². The van der Waals surface area contributed by atoms with Crippen molar-refractivity contribution in [1.82, 2.24) is 9.97 Å². The quantitative estimate of drug-likeness (QED) is 0.565. The van der Waals surface area contributed by atoms with Gasteiger partial charge in [0, 0.05) is 9.90 Å². The molecule has 108 valence electrons. The van der Waals surface area contributed by atoms with Crippen LogP contribution >= 0.6 is 22.9 Å². The van der Waals surface area contributed by atoms with Gasteiger partial charge in [0.2, 0.25) is 0 Å². The summed E-state index contributed by atoms with van der Waals surface area (Å²) in [5, 5.41) is 1.18. The molecule has 0 aliphatic rings. The number of aryl methyl sites for hydroxylation is 1. The Morgan fingerprint density at radius 3 is 2.81 bits per heavy atom. The first-order valence-corrected chi connectivity index (χ1v) is 7.54. The van der Waals surface area contributed by atoms with Crippen molar-refractivity contribution in [2.75, 3.05) is 5.43 Å². The zero-order valence-corrected chi connectivity index (χ0v) is 12.7. The predicted molar refractivity (Wildman–Crippen MR) is 85.0 cm³/mol. The standard InChI is InChI=1S/C14H12ClFN4S/c1-2-8-6-10-13(20-17)18-12(19-14(10)21-8)9-4-3-7(15)5-11(9)16/h3-6H,2,17H2,1H3,(H,18,19,20). The van der Waals surface area contributed by atoms with Gasteiger partial charge in [0.05, 0.1) is 10.9 Å². The van der Waals surface area contributed by atoms with E-state index in [9.17, 15) is 4.39 Å². The topological polar surface area (TPSA) is 63.8 Å². The summed E-state index contributed by atoms with van der Waals surface area (Å²) in [6.45, 7) is 2.06. The van der Waals surface area contributed by atoms with Crippen molar-refractivity contribution in [3.05, 3.63) is 40.0 Å². The van der Waals surface area contributed by atoms with Crippen LogP contribution in [0.3, 0.4) is 0 Å². The normalized spacial score (nSPS) is 11.0. The zero-order chi connectivity index (χ0) is 15.0. The molecule has 3 rings (SSSR count). The molecular formula is C14H12ClFN4S. The van der Waals surface area contributed by atoms with Crippen LogP contribution in [0, 0.1) is 5.82 Å². The number of benzene rings is 1. The van der Waals surface area contributed by atoms with Crippen LogP contribution in [0.25, 0.3) is 21.6 Å². The highest BCUT2D eigenvalue weighted by molar-refractivity contribution is 7.18. The highest BCUT2D eigenvalue weighted by atomic mass is 35.5. The Morgan fingerprint density at radius 1 is 1.33 bits per heavy atom. The average Bonchev–Trinajstić information content (AvgIpc) is 2.89. The zero-order valence-electron chi connectivity index (χ0n) is 11.2. The van der Waals surface area contributed by atoms with Gasteiger partial charge in [0.25, 0.3) is 0 Å². The lowest BCUT2D eigenvalue weighted by Gasteiger charge is -2.06. The highest BCUT2D eigenvalue weighted by Gasteiger charge is 2.14. The number of hydrogen-bond acceptors (Lipinski definition) is 5. The first-order chi connectivity index (χ1) is 10.1. The lowest BCUT2D eigenvalue weighted by atomic mass is 10.2. The number of hydrogen-bond donors (Lipinski definition) is 2. The number of halogens is 2. The first-order valence-electron chi connectivity index (χ1n) is 6.35. The number of nitrogens with one attached hydrogen (secondary N) is 1. The fraction of sp³-hybridized carbons (Fsp3) is 0.143. The molecule has 1 aromatic carbocycles. The fourth-order valence-corrected chi connectivity index (χ4v) is 3.17. The molecule has 3 N–H and O–H groups in total. The van der Waals surface area contributed by atoms with Crippen LogP contribution in [0.4, 0.5) is 10.2 Å². The van der Waals surface area contributed by atoms with Crippen LogP contribution in [-0.4, -0.2) is 9.97 Å². The van der Waals surface area contributed by atoms with Gasteiger partial charge in [0.15, 0.2) is 11.6 Å². The Bertz CT molecular complexity index is 818. The molecule has 7 heteroatoms. The van der Waals surface area contributed by atoms with Gasteiger partial charge in [-0.05, 0) is 30.7 Å². The first kappa shape index (κ1) is 14.2. The maximum Gasteiger partial charge on any atom is 0.166 e. The van der Waals surface area contributed by atoms with E-state index >= 15 is 0 Å². The van der Waals surface area contributed by atoms with Gasteiger partial charge in [-0.25, -0.2) is 20.2 Å². The molecule has 0 unspecified atom stereocenters. The van der Waals surface area contributed by atoms with E-state index in [1.807, 2.05) is 6.07 Å². The van der Waals surface area contributed by atoms with Crippen LogP contribution in [0.2, 0.25) is 5.02 Å². The molecule has 0 aliphatic heterocycles. The maximum absolute atomic E-state index is 14.0. The predicted octanol–water partition coefficient (Wildman–Crippen LogP) is 4.00. The second kappa shape index (κ2) is 5.55. The summed E-state index contributed by atoms with van der Waals surface area (Å²) >= 11 is 7.32. The second-order valence-electron chi connectivity index (χ2n) is 4.45. The summed E-state index contributed by atoms with van der Waals surface area (Å²) in [6, 6.07) is 6.41. The smallest absolute Gasteiger partial charge is 0.166 e. The molecule has 0 bridgehead atoms. The molecule has 2 aromatic heterocycles. The number of thiophene rings is 1. The fourth-order valence-electron chi connectivity index (χ4n) is 2.05. The largest absolute Gasteiger partial charge is 0.308 e. The summed E-state index contributed by atoms with van der Waals surface area (Å²) in [5.74, 6) is 5.84. The number of nitrogens with zero attached hydrogens (tertiary/aromatic N) is 2. The van der Waals surface area contributed by atoms with Crippen LogP contribution in [-0.2, 0) is 6.42 Å². The summed E-state index contributed by atoms with van der Waals surface area (Å²) in [7, 11) is 0. The van der Waals surface area contributed by atoms with Gasteiger partial charge in [-0.2, -0.15) is 0 Å². The number of aromatic nitrogens is 2. The summed E-state index contributed by atoms with van der Waals surface area (Å²) in [5.41, 5.74) is 2.85. The molecule has 3 aromatic rings. The SMILES string of the molecule is CCc1cc2c(NN)nc(-c3ccc(Cl)cc3F)nc2s1. The lowest BCUT2D eigenvalue weighted by Crippen LogP contribution is -2.10. The Kier molecular flexibility index (Phi) is 3.75. The maximum atomic E-state index is 14.0. The van der Waals surface area contributed by atoms with E-state index in [-0.39, 0.29) is 5.82 Å². The van der Waals surface area contributed by atoms with Gasteiger partial charge >= 0.3 is 0 Å². The third-order valence-electron chi connectivity index (χ3n) is 3.10. The number of nitrogen functional groups attached to an aromatic ring is 1. The van der Waals surface area contributed by atoms with Gasteiger partial charge < -0.3 is 5.43 Å². The minimum atomic E-state index is -0.461. The van der Waals surface area contributed by atoms with Crippen molar-refractivity contribution in [3.63, 3.8) is 0 Å². The number of nitrogens with two attached hydrogens (primary N) is 1. The van der Waals surface area contributed by atoms with Gasteiger partial charge in [-0.1, -0.05) is 18.5 Å². The number of anilines is 1. The van der Waals surface area contributed by atoms with Crippen molar-refractivity contribution in [1.29, 1.82) is 0 Å². The average molecular weight is 323 g/mol. The van der Waals surface area contributed by atoms with Crippen molar-refractivity contribution >= 4 is 39.0 Å². The van der Waals surface area contributed by atoms with Gasteiger partial charge in [-0.3, -0.25) is 0 Å². The molecule has 0 spiro atoms. The van der Waals surface area contributed by atoms with Crippen LogP contribution < -0.4 is 11.3 Å². The van der Waals surface area contributed by atoms with E-state index in [1.54, 1.807) is 23.5 Å². The Morgan fingerprint density at radius 2 is 2.14 bits per heavy atom. The Hall–Kier alpha value is -1.76. The van der Waals surface area contributed by atoms with E-state index < -0.39 is 5.82 Å². The Balaban J connectivity index is 2.23. The van der Waals surface area contributed by atoms with Gasteiger partial charge in [0.1, 0.15) is 10.6 Å². The van der Waals surface area contributed by atoms with Gasteiger partial charge in [-0.15, -0.1) is 11.3 Å². The minimum Gasteiger partial charge on any atom is -0.308 e. The second-order valence-corrected chi connectivity index (χ2v) is 6.00. The lowest BCUT2D eigenvalue weighted by molar-refractivity contribution is 0.630. The minimum absolute atomic E-state index is 0.286. The number of hydrazine groups is 1. The van der Waals surface area contributed by atoms with E-state index in [4.69, 9.17) is 17.4 Å². The third-order valence-corrected chi connectivity index (χ3v) is 4.51. The van der Waals surface area contributed by atoms with Crippen LogP contribution in [0.1, 0.15) is 11.8 Å². The summed E-state index contributed by atoms with van der Waals surface area (Å²) in [4.78, 5) is 10.7. The molecule has 0 radical (unpaired) electrons. The number of fused-ring (bicyclic) bond motifs is 1. The van der Waals surface area contributed by atoms with Crippen LogP contribution in [0.5, 0.6) is 0 Å². The van der Waals surface area contributed by atoms with E-state index in [0.29, 0.717) is 16.4 Å². The molecule has 0 aliphatic carbocycles. The molecule has 4 nitrogen and oxygen atoms in total. The summed E-state index contributed by atoms with van der Waals surface area (Å²) < 4.78 is 14.0. The molecule has 2 heterocycles. The molecule has 0 fully saturated rings. The van der Waals surface area contributed by atoms with Crippen molar-refractivity contribution in [2.45, 2.75) is 13.3 Å². The molecule has 0 saturated heterocycles. The molecule has 0 saturated carbocycles. The summed E-state index contributed by atoms with van der Waals surface area (Å²) in [6.07, 6.45) is 0.898. The van der Waals surface area contributed by atoms with E-state index in [2.05, 4.69) is 22.3 Å². The Labute approximate surface area is 129 Å². The molecule has 0 atom stereocenters.